The van der Waals surface area contributed by atoms with Gasteiger partial charge in [0.2, 0.25) is 0 Å². The molecule has 0 amide bonds. The lowest BCUT2D eigenvalue weighted by Crippen LogP contribution is -2.42. The molecule has 18 heavy (non-hydrogen) atoms. The van der Waals surface area contributed by atoms with Gasteiger partial charge >= 0.3 is 6.01 Å². The molecule has 4 nitrogen and oxygen atoms in total. The molecule has 0 aromatic carbocycles. The highest BCUT2D eigenvalue weighted by Gasteiger charge is 2.30. The lowest BCUT2D eigenvalue weighted by atomic mass is 10.0. The molecule has 1 saturated carbocycles. The molecule has 2 N–H and O–H groups in total. The number of ether oxygens (including phenoxy) is 1. The molecule has 100 valence electrons. The SMILES string of the molecule is Cc1cc(C(C)C)nc(OCC2(N)CCCC2)n1. The van der Waals surface area contributed by atoms with Gasteiger partial charge in [-0.2, -0.15) is 4.98 Å². The van der Waals surface area contributed by atoms with Crippen LogP contribution in [0.1, 0.15) is 56.8 Å². The fourth-order valence-corrected chi connectivity index (χ4v) is 2.36. The normalized spacial score (nSPS) is 18.3. The molecule has 2 rings (SSSR count). The minimum absolute atomic E-state index is 0.175. The zero-order valence-electron chi connectivity index (χ0n) is 11.6. The second-order valence-electron chi connectivity index (χ2n) is 5.73. The van der Waals surface area contributed by atoms with Crippen molar-refractivity contribution in [1.29, 1.82) is 0 Å². The van der Waals surface area contributed by atoms with Crippen LogP contribution in [0.5, 0.6) is 6.01 Å². The van der Waals surface area contributed by atoms with Gasteiger partial charge in [-0.15, -0.1) is 0 Å². The molecule has 1 fully saturated rings. The Balaban J connectivity index is 2.04. The summed E-state index contributed by atoms with van der Waals surface area (Å²) in [6.07, 6.45) is 4.48. The molecule has 0 bridgehead atoms. The van der Waals surface area contributed by atoms with Crippen LogP contribution >= 0.6 is 0 Å². The summed E-state index contributed by atoms with van der Waals surface area (Å²) < 4.78 is 5.72. The fraction of sp³-hybridized carbons (Fsp3) is 0.714. The Bertz CT molecular complexity index is 412. The molecule has 4 heteroatoms. The van der Waals surface area contributed by atoms with E-state index < -0.39 is 0 Å². The predicted molar refractivity (Wildman–Crippen MR) is 71.7 cm³/mol. The summed E-state index contributed by atoms with van der Waals surface area (Å²) in [5, 5.41) is 0. The first-order valence-corrected chi connectivity index (χ1v) is 6.76. The van der Waals surface area contributed by atoms with Gasteiger partial charge in [-0.3, -0.25) is 0 Å². The van der Waals surface area contributed by atoms with E-state index in [1.807, 2.05) is 13.0 Å². The summed E-state index contributed by atoms with van der Waals surface area (Å²) in [6.45, 7) is 6.72. The van der Waals surface area contributed by atoms with E-state index in [0.717, 1.165) is 24.2 Å². The van der Waals surface area contributed by atoms with E-state index in [1.54, 1.807) is 0 Å². The largest absolute Gasteiger partial charge is 0.461 e. The number of nitrogens with two attached hydrogens (primary N) is 1. The third-order valence-electron chi connectivity index (χ3n) is 3.53. The molecule has 0 atom stereocenters. The van der Waals surface area contributed by atoms with Gasteiger partial charge < -0.3 is 10.5 Å². The molecule has 0 spiro atoms. The van der Waals surface area contributed by atoms with Crippen molar-refractivity contribution >= 4 is 0 Å². The van der Waals surface area contributed by atoms with Gasteiger partial charge in [0.15, 0.2) is 0 Å². The molecule has 0 radical (unpaired) electrons. The number of hydrogen-bond acceptors (Lipinski definition) is 4. The Morgan fingerprint density at radius 3 is 2.61 bits per heavy atom. The van der Waals surface area contributed by atoms with Crippen molar-refractivity contribution in [3.63, 3.8) is 0 Å². The van der Waals surface area contributed by atoms with E-state index in [9.17, 15) is 0 Å². The molecule has 1 aromatic heterocycles. The van der Waals surface area contributed by atoms with E-state index in [4.69, 9.17) is 10.5 Å². The maximum absolute atomic E-state index is 6.26. The van der Waals surface area contributed by atoms with Crippen LogP contribution in [0.25, 0.3) is 0 Å². The highest BCUT2D eigenvalue weighted by atomic mass is 16.5. The Labute approximate surface area is 109 Å². The molecule has 1 aliphatic rings. The van der Waals surface area contributed by atoms with Crippen molar-refractivity contribution < 1.29 is 4.74 Å². The third-order valence-corrected chi connectivity index (χ3v) is 3.53. The Morgan fingerprint density at radius 2 is 2.00 bits per heavy atom. The maximum atomic E-state index is 6.26. The highest BCUT2D eigenvalue weighted by molar-refractivity contribution is 5.15. The molecule has 0 saturated heterocycles. The predicted octanol–water partition coefficient (Wildman–Crippen LogP) is 2.56. The summed E-state index contributed by atoms with van der Waals surface area (Å²) in [5.74, 6) is 0.382. The lowest BCUT2D eigenvalue weighted by molar-refractivity contribution is 0.205. The summed E-state index contributed by atoms with van der Waals surface area (Å²) >= 11 is 0. The van der Waals surface area contributed by atoms with E-state index >= 15 is 0 Å². The fourth-order valence-electron chi connectivity index (χ4n) is 2.36. The van der Waals surface area contributed by atoms with Gasteiger partial charge in [0.25, 0.3) is 0 Å². The van der Waals surface area contributed by atoms with Crippen molar-refractivity contribution in [2.24, 2.45) is 5.73 Å². The molecular formula is C14H23N3O. The molecular weight excluding hydrogens is 226 g/mol. The Morgan fingerprint density at radius 1 is 1.33 bits per heavy atom. The second kappa shape index (κ2) is 5.22. The van der Waals surface area contributed by atoms with Crippen LogP contribution < -0.4 is 10.5 Å². The highest BCUT2D eigenvalue weighted by Crippen LogP contribution is 2.27. The average molecular weight is 249 g/mol. The van der Waals surface area contributed by atoms with Gasteiger partial charge in [0.1, 0.15) is 6.61 Å². The van der Waals surface area contributed by atoms with Crippen LogP contribution in [0.4, 0.5) is 0 Å². The number of aryl methyl sites for hydroxylation is 1. The zero-order chi connectivity index (χ0) is 13.2. The first kappa shape index (κ1) is 13.3. The van der Waals surface area contributed by atoms with Crippen molar-refractivity contribution in [3.8, 4) is 6.01 Å². The van der Waals surface area contributed by atoms with Crippen LogP contribution in [0.3, 0.4) is 0 Å². The monoisotopic (exact) mass is 249 g/mol. The first-order valence-electron chi connectivity index (χ1n) is 6.76. The quantitative estimate of drug-likeness (QED) is 0.891. The van der Waals surface area contributed by atoms with E-state index in [0.29, 0.717) is 18.5 Å². The van der Waals surface area contributed by atoms with Crippen molar-refractivity contribution in [2.75, 3.05) is 6.61 Å². The average Bonchev–Trinajstić information content (AvgIpc) is 2.73. The maximum Gasteiger partial charge on any atom is 0.316 e. The zero-order valence-corrected chi connectivity index (χ0v) is 11.6. The number of nitrogens with zero attached hydrogens (tertiary/aromatic N) is 2. The number of hydrogen-bond donors (Lipinski definition) is 1. The molecule has 0 unspecified atom stereocenters. The van der Waals surface area contributed by atoms with E-state index in [1.165, 1.54) is 12.8 Å². The van der Waals surface area contributed by atoms with Crippen LogP contribution in [-0.2, 0) is 0 Å². The van der Waals surface area contributed by atoms with Crippen molar-refractivity contribution in [2.45, 2.75) is 57.9 Å². The molecule has 1 heterocycles. The smallest absolute Gasteiger partial charge is 0.316 e. The number of rotatable bonds is 4. The van der Waals surface area contributed by atoms with Gasteiger partial charge in [0.05, 0.1) is 11.2 Å². The first-order chi connectivity index (χ1) is 8.48. The van der Waals surface area contributed by atoms with E-state index in [2.05, 4.69) is 23.8 Å². The topological polar surface area (TPSA) is 61.0 Å². The minimum atomic E-state index is -0.175. The second-order valence-corrected chi connectivity index (χ2v) is 5.73. The van der Waals surface area contributed by atoms with Gasteiger partial charge in [-0.05, 0) is 31.7 Å². The Hall–Kier alpha value is -1.16. The molecule has 1 aliphatic carbocycles. The molecule has 1 aromatic rings. The minimum Gasteiger partial charge on any atom is -0.461 e. The summed E-state index contributed by atoms with van der Waals surface area (Å²) in [7, 11) is 0. The standard InChI is InChI=1S/C14H23N3O/c1-10(2)12-8-11(3)16-13(17-12)18-9-14(15)6-4-5-7-14/h8,10H,4-7,9,15H2,1-3H3. The van der Waals surface area contributed by atoms with Crippen LogP contribution in [0, 0.1) is 6.92 Å². The van der Waals surface area contributed by atoms with Gasteiger partial charge in [-0.1, -0.05) is 26.7 Å². The van der Waals surface area contributed by atoms with Crippen molar-refractivity contribution in [1.82, 2.24) is 9.97 Å². The Kier molecular flexibility index (Phi) is 3.85. The van der Waals surface area contributed by atoms with E-state index in [-0.39, 0.29) is 5.54 Å². The summed E-state index contributed by atoms with van der Waals surface area (Å²) in [6, 6.07) is 2.47. The van der Waals surface area contributed by atoms with Crippen LogP contribution in [-0.4, -0.2) is 22.1 Å². The number of aromatic nitrogens is 2. The van der Waals surface area contributed by atoms with Gasteiger partial charge in [-0.25, -0.2) is 4.98 Å². The van der Waals surface area contributed by atoms with Crippen molar-refractivity contribution in [3.05, 3.63) is 17.5 Å². The third kappa shape index (κ3) is 3.19. The van der Waals surface area contributed by atoms with Gasteiger partial charge in [0, 0.05) is 5.69 Å². The lowest BCUT2D eigenvalue weighted by Gasteiger charge is -2.23. The summed E-state index contributed by atoms with van der Waals surface area (Å²) in [5.41, 5.74) is 8.06. The van der Waals surface area contributed by atoms with Crippen LogP contribution in [0.2, 0.25) is 0 Å². The molecule has 0 aliphatic heterocycles. The van der Waals surface area contributed by atoms with Crippen LogP contribution in [0.15, 0.2) is 6.07 Å². The summed E-state index contributed by atoms with van der Waals surface area (Å²) in [4.78, 5) is 8.76.